The number of aryl methyl sites for hydroxylation is 4. The first-order chi connectivity index (χ1) is 40.6. The van der Waals surface area contributed by atoms with Gasteiger partial charge in [0.05, 0.1) is 39.1 Å². The molecule has 4 heteroatoms. The number of nitrogens with zero attached hydrogens (tertiary/aromatic N) is 4. The van der Waals surface area contributed by atoms with Crippen molar-refractivity contribution < 1.29 is 0 Å². The van der Waals surface area contributed by atoms with E-state index in [0.29, 0.717) is 0 Å². The number of anilines is 6. The molecule has 0 saturated heterocycles. The predicted molar refractivity (Wildman–Crippen MR) is 349 cm³/mol. The third-order valence-electron chi connectivity index (χ3n) is 18.6. The van der Waals surface area contributed by atoms with E-state index in [1.165, 1.54) is 180 Å². The molecule has 16 rings (SSSR count). The van der Waals surface area contributed by atoms with E-state index in [0.717, 1.165) is 51.4 Å². The maximum atomic E-state index is 2.72. The average Bonchev–Trinajstić information content (AvgIpc) is 3.55. The molecule has 0 N–H and O–H groups in total. The Labute approximate surface area is 480 Å². The van der Waals surface area contributed by atoms with Gasteiger partial charge in [-0.25, -0.2) is 0 Å². The summed E-state index contributed by atoms with van der Waals surface area (Å²) in [5, 5.41) is 13.1. The number of aromatic nitrogens is 2. The van der Waals surface area contributed by atoms with E-state index in [1.807, 2.05) is 0 Å². The molecule has 0 saturated carbocycles. The van der Waals surface area contributed by atoms with E-state index in [1.54, 1.807) is 0 Å². The van der Waals surface area contributed by atoms with Crippen LogP contribution in [-0.2, 0) is 38.5 Å². The van der Waals surface area contributed by atoms with Gasteiger partial charge in [0.1, 0.15) is 0 Å². The monoisotopic (exact) mass is 1060 g/mol. The molecule has 0 amide bonds. The van der Waals surface area contributed by atoms with Crippen LogP contribution in [0.5, 0.6) is 0 Å². The van der Waals surface area contributed by atoms with Gasteiger partial charge in [0.2, 0.25) is 0 Å². The number of hydrogen-bond acceptors (Lipinski definition) is 2. The van der Waals surface area contributed by atoms with E-state index in [2.05, 4.69) is 251 Å². The maximum Gasteiger partial charge on any atom is 0.0782 e. The molecule has 2 heterocycles. The zero-order valence-corrected chi connectivity index (χ0v) is 47.1. The summed E-state index contributed by atoms with van der Waals surface area (Å²) in [5.74, 6) is 0. The predicted octanol–water partition coefficient (Wildman–Crippen LogP) is 21.4. The van der Waals surface area contributed by atoms with Gasteiger partial charge in [-0.3, -0.25) is 0 Å². The molecule has 0 unspecified atom stereocenters. The smallest absolute Gasteiger partial charge is 0.0782 e. The second-order valence-electron chi connectivity index (χ2n) is 23.3. The highest BCUT2D eigenvalue weighted by molar-refractivity contribution is 6.30. The summed E-state index contributed by atoms with van der Waals surface area (Å²) in [6, 6.07) is 83.8. The van der Waals surface area contributed by atoms with Crippen molar-refractivity contribution >= 4 is 110 Å². The van der Waals surface area contributed by atoms with E-state index in [-0.39, 0.29) is 0 Å². The van der Waals surface area contributed by atoms with Crippen LogP contribution in [0.4, 0.5) is 34.1 Å². The van der Waals surface area contributed by atoms with E-state index in [4.69, 9.17) is 0 Å². The molecule has 0 aliphatic heterocycles. The lowest BCUT2D eigenvalue weighted by atomic mass is 9.85. The van der Waals surface area contributed by atoms with Crippen LogP contribution in [0.3, 0.4) is 0 Å². The van der Waals surface area contributed by atoms with Gasteiger partial charge in [0.15, 0.2) is 0 Å². The Hall–Kier alpha value is -9.12. The summed E-state index contributed by atoms with van der Waals surface area (Å²) in [6.45, 7) is 4.70. The van der Waals surface area contributed by atoms with Crippen LogP contribution in [0.2, 0.25) is 0 Å². The molecule has 2 aliphatic rings. The van der Waals surface area contributed by atoms with E-state index < -0.39 is 0 Å². The highest BCUT2D eigenvalue weighted by atomic mass is 15.2. The Bertz CT molecular complexity index is 4790. The SMILES string of the molecule is CCCc1cc(N(c2ccc3c4ccccc4n(-c4ccccc4)c3c2)c2cccc3c2CCCC3)c2ccc3c(CCC)cc(N(c4cccc5c4CCCC5)c4cccc5c6ccccc6n(-c6ccccc6)c45)c4ccc1c2c34. The van der Waals surface area contributed by atoms with Crippen molar-refractivity contribution in [1.82, 2.24) is 9.13 Å². The molecule has 398 valence electrons. The van der Waals surface area contributed by atoms with Crippen LogP contribution in [-0.4, -0.2) is 9.13 Å². The fourth-order valence-electron chi connectivity index (χ4n) is 15.1. The highest BCUT2D eigenvalue weighted by Crippen LogP contribution is 2.53. The molecule has 2 aromatic heterocycles. The minimum atomic E-state index is 0.975. The van der Waals surface area contributed by atoms with E-state index >= 15 is 0 Å². The number of fused-ring (bicyclic) bond motifs is 8. The Morgan fingerprint density at radius 2 is 0.780 bits per heavy atom. The molecular formula is C78H66N4. The minimum absolute atomic E-state index is 0.975. The maximum absolute atomic E-state index is 2.72. The first-order valence-corrected chi connectivity index (χ1v) is 30.4. The minimum Gasteiger partial charge on any atom is -0.309 e. The first kappa shape index (κ1) is 48.8. The van der Waals surface area contributed by atoms with Crippen LogP contribution in [0.15, 0.2) is 218 Å². The van der Waals surface area contributed by atoms with Gasteiger partial charge in [-0.05, 0) is 198 Å². The molecule has 0 atom stereocenters. The quantitative estimate of drug-likeness (QED) is 0.113. The second kappa shape index (κ2) is 19.8. The molecule has 2 aliphatic carbocycles. The summed E-state index contributed by atoms with van der Waals surface area (Å²) >= 11 is 0. The fraction of sp³-hybridized carbons (Fsp3) is 0.179. The van der Waals surface area contributed by atoms with E-state index in [9.17, 15) is 0 Å². The summed E-state index contributed by atoms with van der Waals surface area (Å²) < 4.78 is 5.01. The molecule has 0 fully saturated rings. The lowest BCUT2D eigenvalue weighted by Crippen LogP contribution is -2.17. The molecule has 0 radical (unpaired) electrons. The third kappa shape index (κ3) is 7.57. The highest BCUT2D eigenvalue weighted by Gasteiger charge is 2.30. The Balaban J connectivity index is 1.02. The largest absolute Gasteiger partial charge is 0.309 e. The number of hydrogen-bond donors (Lipinski definition) is 0. The van der Waals surface area contributed by atoms with Gasteiger partial charge >= 0.3 is 0 Å². The van der Waals surface area contributed by atoms with Gasteiger partial charge in [-0.1, -0.05) is 166 Å². The molecule has 82 heavy (non-hydrogen) atoms. The summed E-state index contributed by atoms with van der Waals surface area (Å²) in [6.07, 6.45) is 13.2. The average molecular weight is 1060 g/mol. The Morgan fingerprint density at radius 1 is 0.329 bits per heavy atom. The normalized spacial score (nSPS) is 13.5. The van der Waals surface area contributed by atoms with Crippen LogP contribution < -0.4 is 9.80 Å². The molecule has 12 aromatic carbocycles. The third-order valence-corrected chi connectivity index (χ3v) is 18.6. The second-order valence-corrected chi connectivity index (χ2v) is 23.3. The van der Waals surface area contributed by atoms with Crippen molar-refractivity contribution in [3.8, 4) is 11.4 Å². The number of rotatable bonds is 12. The van der Waals surface area contributed by atoms with Crippen LogP contribution >= 0.6 is 0 Å². The van der Waals surface area contributed by atoms with Crippen molar-refractivity contribution in [2.75, 3.05) is 9.80 Å². The van der Waals surface area contributed by atoms with Gasteiger partial charge in [0, 0.05) is 60.8 Å². The Kier molecular flexibility index (Phi) is 11.8. The van der Waals surface area contributed by atoms with Crippen molar-refractivity contribution in [1.29, 1.82) is 0 Å². The van der Waals surface area contributed by atoms with Crippen molar-refractivity contribution in [3.63, 3.8) is 0 Å². The van der Waals surface area contributed by atoms with Crippen LogP contribution in [0, 0.1) is 0 Å². The van der Waals surface area contributed by atoms with Crippen molar-refractivity contribution in [3.05, 3.63) is 252 Å². The zero-order valence-electron chi connectivity index (χ0n) is 47.1. The van der Waals surface area contributed by atoms with Gasteiger partial charge in [-0.15, -0.1) is 0 Å². The molecule has 4 nitrogen and oxygen atoms in total. The first-order valence-electron chi connectivity index (χ1n) is 30.4. The molecule has 0 spiro atoms. The van der Waals surface area contributed by atoms with Crippen molar-refractivity contribution in [2.45, 2.75) is 90.9 Å². The number of para-hydroxylation sites is 5. The lowest BCUT2D eigenvalue weighted by Gasteiger charge is -2.34. The van der Waals surface area contributed by atoms with Crippen LogP contribution in [0.1, 0.15) is 85.8 Å². The molecule has 14 aromatic rings. The van der Waals surface area contributed by atoms with Gasteiger partial charge in [0.25, 0.3) is 0 Å². The van der Waals surface area contributed by atoms with Gasteiger partial charge in [-0.2, -0.15) is 0 Å². The summed E-state index contributed by atoms with van der Waals surface area (Å²) in [7, 11) is 0. The summed E-state index contributed by atoms with van der Waals surface area (Å²) in [4.78, 5) is 5.40. The molecule has 0 bridgehead atoms. The topological polar surface area (TPSA) is 16.3 Å². The van der Waals surface area contributed by atoms with Crippen LogP contribution in [0.25, 0.3) is 87.3 Å². The standard InChI is InChI=1S/C78H66N4/c1-3-22-53-48-73(80(68-39-19-26-51-24-11-13-32-58(51)68)57-42-43-64-62-34-15-17-37-70(62)79(75(64)50-57)55-28-7-5-8-29-55)66-46-44-61-54(23-4-2)49-74(67-47-45-60(53)76(66)77(61)67)82(69-40-20-27-52-25-12-14-33-59(52)69)72-41-21-36-65-63-35-16-18-38-71(63)81(78(65)72)56-30-9-6-10-31-56/h5-10,15-21,26-31,34-50H,3-4,11-14,22-25,32-33H2,1-2H3. The number of benzene rings is 12. The fourth-order valence-corrected chi connectivity index (χ4v) is 15.1. The zero-order chi connectivity index (χ0) is 54.4. The summed E-state index contributed by atoms with van der Waals surface area (Å²) in [5.41, 5.74) is 23.4. The van der Waals surface area contributed by atoms with Crippen molar-refractivity contribution in [2.24, 2.45) is 0 Å². The lowest BCUT2D eigenvalue weighted by molar-refractivity contribution is 0.686. The molecular weight excluding hydrogens is 993 g/mol. The Morgan fingerprint density at radius 3 is 1.39 bits per heavy atom. The van der Waals surface area contributed by atoms with Gasteiger partial charge < -0.3 is 18.9 Å².